The maximum atomic E-state index is 13.8. The van der Waals surface area contributed by atoms with Gasteiger partial charge >= 0.3 is 0 Å². The Morgan fingerprint density at radius 1 is 1.19 bits per heavy atom. The number of fused-ring (bicyclic) bond motifs is 1. The van der Waals surface area contributed by atoms with Gasteiger partial charge in [0, 0.05) is 6.54 Å². The van der Waals surface area contributed by atoms with Crippen molar-refractivity contribution < 1.29 is 4.39 Å². The monoisotopic (exact) mass is 302 g/mol. The first-order valence-electron chi connectivity index (χ1n) is 6.78. The lowest BCUT2D eigenvalue weighted by Gasteiger charge is -2.10. The van der Waals surface area contributed by atoms with Crippen LogP contribution in [-0.2, 0) is 0 Å². The quantitative estimate of drug-likeness (QED) is 0.733. The largest absolute Gasteiger partial charge is 0.354 e. The van der Waals surface area contributed by atoms with E-state index in [0.717, 1.165) is 23.2 Å². The number of benzene rings is 1. The highest BCUT2D eigenvalue weighted by Gasteiger charge is 2.10. The minimum atomic E-state index is -0.303. The van der Waals surface area contributed by atoms with Gasteiger partial charge in [0.25, 0.3) is 0 Å². The van der Waals surface area contributed by atoms with Crippen LogP contribution in [0, 0.1) is 5.82 Å². The van der Waals surface area contributed by atoms with Crippen molar-refractivity contribution in [1.29, 1.82) is 0 Å². The summed E-state index contributed by atoms with van der Waals surface area (Å²) in [5.74, 6) is 0.873. The van der Waals surface area contributed by atoms with Gasteiger partial charge in [-0.2, -0.15) is 4.98 Å². The molecule has 2 aromatic heterocycles. The van der Waals surface area contributed by atoms with Crippen LogP contribution < -0.4 is 10.6 Å². The number of nitrogens with one attached hydrogen (secondary N) is 2. The molecule has 0 aliphatic carbocycles. The van der Waals surface area contributed by atoms with Crippen molar-refractivity contribution in [2.75, 3.05) is 17.2 Å². The third-order valence-corrected chi connectivity index (χ3v) is 3.79. The lowest BCUT2D eigenvalue weighted by atomic mass is 10.3. The van der Waals surface area contributed by atoms with Crippen LogP contribution in [0.4, 0.5) is 21.8 Å². The molecule has 6 heteroatoms. The standard InChI is InChI=1S/C15H15FN4S/c1-2-8-17-15-19-13(10-7-9-21-14(10)20-15)18-12-6-4-3-5-11(12)16/h3-7,9H,2,8H2,1H3,(H2,17,18,19,20). The van der Waals surface area contributed by atoms with Crippen LogP contribution in [0.5, 0.6) is 0 Å². The predicted octanol–water partition coefficient (Wildman–Crippen LogP) is 4.40. The van der Waals surface area contributed by atoms with Crippen LogP contribution in [0.15, 0.2) is 35.7 Å². The fraction of sp³-hybridized carbons (Fsp3) is 0.200. The molecule has 0 amide bonds. The molecule has 3 rings (SSSR count). The van der Waals surface area contributed by atoms with E-state index in [1.54, 1.807) is 18.2 Å². The lowest BCUT2D eigenvalue weighted by Crippen LogP contribution is -2.06. The van der Waals surface area contributed by atoms with Gasteiger partial charge in [-0.15, -0.1) is 11.3 Å². The molecule has 0 aliphatic rings. The number of hydrogen-bond donors (Lipinski definition) is 2. The molecule has 3 aromatic rings. The Morgan fingerprint density at radius 3 is 2.86 bits per heavy atom. The Balaban J connectivity index is 2.00. The van der Waals surface area contributed by atoms with Gasteiger partial charge in [-0.3, -0.25) is 0 Å². The molecule has 0 aliphatic heterocycles. The number of nitrogens with zero attached hydrogens (tertiary/aromatic N) is 2. The van der Waals surface area contributed by atoms with Crippen LogP contribution in [0.2, 0.25) is 0 Å². The average Bonchev–Trinajstić information content (AvgIpc) is 2.96. The fourth-order valence-electron chi connectivity index (χ4n) is 1.96. The van der Waals surface area contributed by atoms with Crippen molar-refractivity contribution in [2.45, 2.75) is 13.3 Å². The van der Waals surface area contributed by atoms with Crippen molar-refractivity contribution in [3.63, 3.8) is 0 Å². The second kappa shape index (κ2) is 6.05. The highest BCUT2D eigenvalue weighted by molar-refractivity contribution is 7.16. The van der Waals surface area contributed by atoms with Gasteiger partial charge in [-0.25, -0.2) is 9.37 Å². The minimum Gasteiger partial charge on any atom is -0.354 e. The highest BCUT2D eigenvalue weighted by atomic mass is 32.1. The number of aromatic nitrogens is 2. The highest BCUT2D eigenvalue weighted by Crippen LogP contribution is 2.29. The van der Waals surface area contributed by atoms with E-state index in [9.17, 15) is 4.39 Å². The van der Waals surface area contributed by atoms with Gasteiger partial charge in [0.2, 0.25) is 5.95 Å². The first-order chi connectivity index (χ1) is 10.3. The van der Waals surface area contributed by atoms with Crippen molar-refractivity contribution in [3.05, 3.63) is 41.5 Å². The normalized spacial score (nSPS) is 10.8. The average molecular weight is 302 g/mol. The lowest BCUT2D eigenvalue weighted by molar-refractivity contribution is 0.632. The fourth-order valence-corrected chi connectivity index (χ4v) is 2.72. The van der Waals surface area contributed by atoms with E-state index < -0.39 is 0 Å². The Morgan fingerprint density at radius 2 is 2.05 bits per heavy atom. The van der Waals surface area contributed by atoms with Crippen molar-refractivity contribution in [1.82, 2.24) is 9.97 Å². The predicted molar refractivity (Wildman–Crippen MR) is 85.9 cm³/mol. The van der Waals surface area contributed by atoms with E-state index in [-0.39, 0.29) is 5.82 Å². The number of para-hydroxylation sites is 1. The van der Waals surface area contributed by atoms with Gasteiger partial charge in [-0.05, 0) is 30.0 Å². The number of thiophene rings is 1. The topological polar surface area (TPSA) is 49.8 Å². The molecule has 2 heterocycles. The SMILES string of the molecule is CCCNc1nc(Nc2ccccc2F)c2ccsc2n1. The summed E-state index contributed by atoms with van der Waals surface area (Å²) in [6, 6.07) is 8.49. The van der Waals surface area contributed by atoms with E-state index in [4.69, 9.17) is 0 Å². The Labute approximate surface area is 126 Å². The summed E-state index contributed by atoms with van der Waals surface area (Å²) in [5.41, 5.74) is 0.408. The zero-order valence-corrected chi connectivity index (χ0v) is 12.4. The Kier molecular flexibility index (Phi) is 3.96. The zero-order chi connectivity index (χ0) is 14.7. The van der Waals surface area contributed by atoms with Gasteiger partial charge in [-0.1, -0.05) is 19.1 Å². The van der Waals surface area contributed by atoms with E-state index in [1.807, 2.05) is 11.4 Å². The summed E-state index contributed by atoms with van der Waals surface area (Å²) in [6.45, 7) is 2.88. The molecule has 0 saturated heterocycles. The maximum Gasteiger partial charge on any atom is 0.226 e. The summed E-state index contributed by atoms with van der Waals surface area (Å²) >= 11 is 1.54. The second-order valence-corrected chi connectivity index (χ2v) is 5.46. The van der Waals surface area contributed by atoms with E-state index in [1.165, 1.54) is 17.4 Å². The van der Waals surface area contributed by atoms with Crippen LogP contribution in [0.25, 0.3) is 10.2 Å². The van der Waals surface area contributed by atoms with E-state index in [2.05, 4.69) is 27.5 Å². The third kappa shape index (κ3) is 2.95. The maximum absolute atomic E-state index is 13.8. The summed E-state index contributed by atoms with van der Waals surface area (Å²) in [4.78, 5) is 9.79. The third-order valence-electron chi connectivity index (χ3n) is 2.99. The minimum absolute atomic E-state index is 0.303. The molecule has 21 heavy (non-hydrogen) atoms. The molecule has 108 valence electrons. The zero-order valence-electron chi connectivity index (χ0n) is 11.6. The van der Waals surface area contributed by atoms with Crippen LogP contribution in [0.3, 0.4) is 0 Å². The molecule has 0 fully saturated rings. The van der Waals surface area contributed by atoms with Gasteiger partial charge < -0.3 is 10.6 Å². The van der Waals surface area contributed by atoms with E-state index in [0.29, 0.717) is 17.5 Å². The number of anilines is 3. The molecule has 0 radical (unpaired) electrons. The summed E-state index contributed by atoms with van der Waals surface area (Å²) in [6.07, 6.45) is 0.988. The second-order valence-electron chi connectivity index (χ2n) is 4.57. The summed E-state index contributed by atoms with van der Waals surface area (Å²) in [5, 5.41) is 9.07. The Bertz CT molecular complexity index is 756. The van der Waals surface area contributed by atoms with Crippen molar-refractivity contribution in [2.24, 2.45) is 0 Å². The van der Waals surface area contributed by atoms with Gasteiger partial charge in [0.1, 0.15) is 16.5 Å². The molecule has 0 spiro atoms. The van der Waals surface area contributed by atoms with Crippen LogP contribution in [0.1, 0.15) is 13.3 Å². The van der Waals surface area contributed by atoms with Crippen molar-refractivity contribution in [3.8, 4) is 0 Å². The smallest absolute Gasteiger partial charge is 0.226 e. The molecular weight excluding hydrogens is 287 g/mol. The number of rotatable bonds is 5. The van der Waals surface area contributed by atoms with E-state index >= 15 is 0 Å². The first-order valence-corrected chi connectivity index (χ1v) is 7.66. The summed E-state index contributed by atoms with van der Waals surface area (Å²) < 4.78 is 13.8. The summed E-state index contributed by atoms with van der Waals surface area (Å²) in [7, 11) is 0. The Hall–Kier alpha value is -2.21. The molecule has 0 saturated carbocycles. The van der Waals surface area contributed by atoms with Crippen molar-refractivity contribution >= 4 is 39.0 Å². The van der Waals surface area contributed by atoms with Crippen LogP contribution >= 0.6 is 11.3 Å². The molecular formula is C15H15FN4S. The molecule has 0 unspecified atom stereocenters. The van der Waals surface area contributed by atoms with Gasteiger partial charge in [0.15, 0.2) is 0 Å². The molecule has 4 nitrogen and oxygen atoms in total. The molecule has 0 bridgehead atoms. The van der Waals surface area contributed by atoms with Crippen LogP contribution in [-0.4, -0.2) is 16.5 Å². The number of hydrogen-bond acceptors (Lipinski definition) is 5. The molecule has 2 N–H and O–H groups in total. The van der Waals surface area contributed by atoms with Gasteiger partial charge in [0.05, 0.1) is 11.1 Å². The number of halogens is 1. The molecule has 1 aromatic carbocycles. The first kappa shape index (κ1) is 13.8. The molecule has 0 atom stereocenters.